The van der Waals surface area contributed by atoms with Crippen molar-refractivity contribution in [3.05, 3.63) is 9.26 Å². The number of hydrogen-bond donors (Lipinski definition) is 1. The van der Waals surface area contributed by atoms with Gasteiger partial charge in [-0.1, -0.05) is 6.92 Å². The van der Waals surface area contributed by atoms with Crippen LogP contribution in [0.5, 0.6) is 0 Å². The molecule has 0 amide bonds. The molecule has 1 aliphatic heterocycles. The van der Waals surface area contributed by atoms with Crippen LogP contribution in [0.4, 0.5) is 11.8 Å². The Labute approximate surface area is 134 Å². The monoisotopic (exact) mass is 386 g/mol. The quantitative estimate of drug-likeness (QED) is 0.783. The first-order valence-corrected chi connectivity index (χ1v) is 8.93. The van der Waals surface area contributed by atoms with Crippen LogP contribution < -0.4 is 10.2 Å². The fourth-order valence-electron chi connectivity index (χ4n) is 2.68. The normalized spacial score (nSPS) is 19.2. The summed E-state index contributed by atoms with van der Waals surface area (Å²) in [6, 6.07) is 0. The Bertz CT molecular complexity index is 467. The summed E-state index contributed by atoms with van der Waals surface area (Å²) >= 11 is 2.42. The lowest BCUT2D eigenvalue weighted by atomic mass is 10.1. The number of halogens is 1. The topological polar surface area (TPSA) is 41.1 Å². The van der Waals surface area contributed by atoms with E-state index in [0.29, 0.717) is 5.92 Å². The Morgan fingerprint density at radius 1 is 1.20 bits per heavy atom. The van der Waals surface area contributed by atoms with Gasteiger partial charge in [0.1, 0.15) is 5.82 Å². The van der Waals surface area contributed by atoms with E-state index in [9.17, 15) is 0 Å². The third kappa shape index (κ3) is 3.18. The number of anilines is 2. The standard InChI is InChI=1S/C15H23IN4/c1-2-8-17-14-12(16)13(11-6-7-11)18-15(19-14)20-9-4-3-5-10-20/h11H,2-10H2,1H3,(H,17,18,19). The van der Waals surface area contributed by atoms with Gasteiger partial charge in [0, 0.05) is 25.6 Å². The third-order valence-electron chi connectivity index (χ3n) is 4.01. The summed E-state index contributed by atoms with van der Waals surface area (Å²) in [7, 11) is 0. The molecule has 0 radical (unpaired) electrons. The van der Waals surface area contributed by atoms with Gasteiger partial charge in [0.2, 0.25) is 5.95 Å². The molecule has 110 valence electrons. The molecule has 5 heteroatoms. The van der Waals surface area contributed by atoms with Gasteiger partial charge in [0.15, 0.2) is 0 Å². The van der Waals surface area contributed by atoms with Gasteiger partial charge in [0.25, 0.3) is 0 Å². The molecule has 1 aromatic heterocycles. The van der Waals surface area contributed by atoms with Gasteiger partial charge in [-0.15, -0.1) is 0 Å². The minimum atomic E-state index is 0.676. The molecular formula is C15H23IN4. The van der Waals surface area contributed by atoms with Crippen molar-refractivity contribution >= 4 is 34.4 Å². The van der Waals surface area contributed by atoms with Crippen molar-refractivity contribution in [2.75, 3.05) is 29.9 Å². The van der Waals surface area contributed by atoms with Crippen LogP contribution in [0.15, 0.2) is 0 Å². The Morgan fingerprint density at radius 2 is 1.95 bits per heavy atom. The molecule has 0 spiro atoms. The molecule has 2 fully saturated rings. The van der Waals surface area contributed by atoms with E-state index in [1.807, 2.05) is 0 Å². The first-order chi connectivity index (χ1) is 9.79. The second-order valence-electron chi connectivity index (χ2n) is 5.82. The molecular weight excluding hydrogens is 363 g/mol. The highest BCUT2D eigenvalue weighted by Crippen LogP contribution is 2.43. The predicted molar refractivity (Wildman–Crippen MR) is 91.6 cm³/mol. The maximum absolute atomic E-state index is 4.89. The zero-order chi connectivity index (χ0) is 13.9. The van der Waals surface area contributed by atoms with E-state index in [4.69, 9.17) is 9.97 Å². The van der Waals surface area contributed by atoms with E-state index in [0.717, 1.165) is 37.8 Å². The molecule has 0 bridgehead atoms. The van der Waals surface area contributed by atoms with Gasteiger partial charge in [-0.05, 0) is 61.1 Å². The molecule has 1 aromatic rings. The summed E-state index contributed by atoms with van der Waals surface area (Å²) < 4.78 is 1.24. The molecule has 0 unspecified atom stereocenters. The first kappa shape index (κ1) is 14.4. The van der Waals surface area contributed by atoms with E-state index in [1.165, 1.54) is 41.4 Å². The fraction of sp³-hybridized carbons (Fsp3) is 0.733. The van der Waals surface area contributed by atoms with E-state index < -0.39 is 0 Å². The first-order valence-electron chi connectivity index (χ1n) is 7.86. The Balaban J connectivity index is 1.89. The maximum Gasteiger partial charge on any atom is 0.227 e. The summed E-state index contributed by atoms with van der Waals surface area (Å²) in [4.78, 5) is 12.1. The lowest BCUT2D eigenvalue weighted by molar-refractivity contribution is 0.567. The number of hydrogen-bond acceptors (Lipinski definition) is 4. The summed E-state index contributed by atoms with van der Waals surface area (Å²) in [5.41, 5.74) is 1.28. The highest BCUT2D eigenvalue weighted by atomic mass is 127. The SMILES string of the molecule is CCCNc1nc(N2CCCCC2)nc(C2CC2)c1I. The number of rotatable bonds is 5. The van der Waals surface area contributed by atoms with Crippen LogP contribution >= 0.6 is 22.6 Å². The van der Waals surface area contributed by atoms with Crippen molar-refractivity contribution in [2.24, 2.45) is 0 Å². The highest BCUT2D eigenvalue weighted by molar-refractivity contribution is 14.1. The van der Waals surface area contributed by atoms with Gasteiger partial charge in [-0.25, -0.2) is 4.98 Å². The number of piperidine rings is 1. The van der Waals surface area contributed by atoms with Crippen LogP contribution in [0, 0.1) is 3.57 Å². The second-order valence-corrected chi connectivity index (χ2v) is 6.90. The number of aromatic nitrogens is 2. The Kier molecular flexibility index (Phi) is 4.63. The predicted octanol–water partition coefficient (Wildman–Crippen LogP) is 3.77. The molecule has 2 aliphatic rings. The smallest absolute Gasteiger partial charge is 0.227 e. The zero-order valence-electron chi connectivity index (χ0n) is 12.2. The van der Waals surface area contributed by atoms with Crippen LogP contribution in [0.2, 0.25) is 0 Å². The number of nitrogens with one attached hydrogen (secondary N) is 1. The van der Waals surface area contributed by atoms with Crippen LogP contribution in [-0.4, -0.2) is 29.6 Å². The summed E-state index contributed by atoms with van der Waals surface area (Å²) in [6.07, 6.45) is 7.59. The molecule has 3 rings (SSSR count). The van der Waals surface area contributed by atoms with E-state index >= 15 is 0 Å². The van der Waals surface area contributed by atoms with Crippen LogP contribution in [-0.2, 0) is 0 Å². The van der Waals surface area contributed by atoms with Crippen LogP contribution in [0.25, 0.3) is 0 Å². The molecule has 2 heterocycles. The lowest BCUT2D eigenvalue weighted by Gasteiger charge is -2.27. The van der Waals surface area contributed by atoms with Crippen molar-refractivity contribution in [1.82, 2.24) is 9.97 Å². The minimum Gasteiger partial charge on any atom is -0.369 e. The molecule has 1 aliphatic carbocycles. The van der Waals surface area contributed by atoms with Gasteiger partial charge in [0.05, 0.1) is 9.26 Å². The maximum atomic E-state index is 4.89. The van der Waals surface area contributed by atoms with Gasteiger partial charge in [-0.2, -0.15) is 4.98 Å². The second kappa shape index (κ2) is 6.45. The highest BCUT2D eigenvalue weighted by Gasteiger charge is 2.30. The molecule has 1 saturated heterocycles. The Morgan fingerprint density at radius 3 is 2.60 bits per heavy atom. The van der Waals surface area contributed by atoms with Crippen molar-refractivity contribution in [3.63, 3.8) is 0 Å². The zero-order valence-corrected chi connectivity index (χ0v) is 14.3. The van der Waals surface area contributed by atoms with Crippen molar-refractivity contribution < 1.29 is 0 Å². The third-order valence-corrected chi connectivity index (χ3v) is 5.07. The van der Waals surface area contributed by atoms with E-state index in [-0.39, 0.29) is 0 Å². The van der Waals surface area contributed by atoms with Gasteiger partial charge >= 0.3 is 0 Å². The average molecular weight is 386 g/mol. The van der Waals surface area contributed by atoms with Crippen molar-refractivity contribution in [3.8, 4) is 0 Å². The molecule has 1 N–H and O–H groups in total. The average Bonchev–Trinajstić information content (AvgIpc) is 3.32. The lowest BCUT2D eigenvalue weighted by Crippen LogP contribution is -2.31. The molecule has 1 saturated carbocycles. The Hall–Kier alpha value is -0.590. The fourth-order valence-corrected chi connectivity index (χ4v) is 3.55. The van der Waals surface area contributed by atoms with Gasteiger partial charge in [-0.3, -0.25) is 0 Å². The molecule has 0 aromatic carbocycles. The number of nitrogens with zero attached hydrogens (tertiary/aromatic N) is 3. The van der Waals surface area contributed by atoms with E-state index in [1.54, 1.807) is 0 Å². The largest absolute Gasteiger partial charge is 0.369 e. The summed E-state index contributed by atoms with van der Waals surface area (Å²) in [6.45, 7) is 5.39. The van der Waals surface area contributed by atoms with E-state index in [2.05, 4.69) is 39.7 Å². The molecule has 4 nitrogen and oxygen atoms in total. The summed E-state index contributed by atoms with van der Waals surface area (Å²) in [5.74, 6) is 2.67. The van der Waals surface area contributed by atoms with Crippen molar-refractivity contribution in [1.29, 1.82) is 0 Å². The minimum absolute atomic E-state index is 0.676. The van der Waals surface area contributed by atoms with Crippen molar-refractivity contribution in [2.45, 2.75) is 51.4 Å². The van der Waals surface area contributed by atoms with Gasteiger partial charge < -0.3 is 10.2 Å². The van der Waals surface area contributed by atoms with Crippen LogP contribution in [0.3, 0.4) is 0 Å². The molecule has 0 atom stereocenters. The van der Waals surface area contributed by atoms with Crippen LogP contribution in [0.1, 0.15) is 57.1 Å². The molecule has 20 heavy (non-hydrogen) atoms. The summed E-state index contributed by atoms with van der Waals surface area (Å²) in [5, 5.41) is 3.48.